The molecule has 2 saturated heterocycles. The first-order valence-corrected chi connectivity index (χ1v) is 7.44. The first-order valence-electron chi connectivity index (χ1n) is 7.44. The van der Waals surface area contributed by atoms with Crippen molar-refractivity contribution in [3.05, 3.63) is 11.7 Å². The molecule has 5 heteroatoms. The van der Waals surface area contributed by atoms with E-state index in [1.807, 2.05) is 0 Å². The molecule has 3 atom stereocenters. The molecule has 1 aromatic heterocycles. The second-order valence-corrected chi connectivity index (χ2v) is 6.19. The van der Waals surface area contributed by atoms with Crippen LogP contribution in [0.1, 0.15) is 62.6 Å². The Labute approximate surface area is 114 Å². The zero-order chi connectivity index (χ0) is 13.4. The van der Waals surface area contributed by atoms with Crippen molar-refractivity contribution in [3.8, 4) is 0 Å². The van der Waals surface area contributed by atoms with Crippen LogP contribution in [0.2, 0.25) is 0 Å². The van der Waals surface area contributed by atoms with Crippen LogP contribution in [-0.2, 0) is 0 Å². The van der Waals surface area contributed by atoms with Crippen LogP contribution >= 0.6 is 0 Å². The predicted octanol–water partition coefficient (Wildman–Crippen LogP) is 1.86. The van der Waals surface area contributed by atoms with Gasteiger partial charge in [-0.2, -0.15) is 4.98 Å². The minimum atomic E-state index is 0.272. The number of nitrogens with zero attached hydrogens (tertiary/aromatic N) is 3. The number of hydrogen-bond donors (Lipinski definition) is 1. The first-order chi connectivity index (χ1) is 9.19. The maximum Gasteiger partial charge on any atom is 0.229 e. The van der Waals surface area contributed by atoms with Crippen molar-refractivity contribution < 1.29 is 4.52 Å². The number of fused-ring (bicyclic) bond motifs is 2. The van der Waals surface area contributed by atoms with E-state index in [-0.39, 0.29) is 5.92 Å². The maximum atomic E-state index is 5.58. The number of rotatable bonds is 4. The van der Waals surface area contributed by atoms with Crippen LogP contribution in [0.25, 0.3) is 0 Å². The van der Waals surface area contributed by atoms with Crippen LogP contribution in [0.4, 0.5) is 0 Å². The van der Waals surface area contributed by atoms with E-state index in [0.717, 1.165) is 18.1 Å². The molecule has 19 heavy (non-hydrogen) atoms. The van der Waals surface area contributed by atoms with Gasteiger partial charge >= 0.3 is 0 Å². The third kappa shape index (κ3) is 2.41. The van der Waals surface area contributed by atoms with Crippen molar-refractivity contribution in [1.82, 2.24) is 15.0 Å². The average molecular weight is 264 g/mol. The van der Waals surface area contributed by atoms with Gasteiger partial charge in [-0.3, -0.25) is 0 Å². The Bertz CT molecular complexity index is 419. The van der Waals surface area contributed by atoms with Gasteiger partial charge in [0.2, 0.25) is 5.89 Å². The molecule has 2 aliphatic heterocycles. The Morgan fingerprint density at radius 1 is 1.37 bits per heavy atom. The molecular formula is C14H24N4O. The van der Waals surface area contributed by atoms with E-state index in [2.05, 4.69) is 29.0 Å². The molecule has 1 aromatic rings. The fraction of sp³-hybridized carbons (Fsp3) is 0.857. The molecule has 2 N–H and O–H groups in total. The highest BCUT2D eigenvalue weighted by Gasteiger charge is 2.40. The van der Waals surface area contributed by atoms with Gasteiger partial charge in [0.1, 0.15) is 0 Å². The summed E-state index contributed by atoms with van der Waals surface area (Å²) in [6, 6.07) is 1.43. The van der Waals surface area contributed by atoms with Crippen LogP contribution in [0.3, 0.4) is 0 Å². The molecule has 0 radical (unpaired) electrons. The molecule has 0 aliphatic carbocycles. The first kappa shape index (κ1) is 13.1. The summed E-state index contributed by atoms with van der Waals surface area (Å²) < 4.78 is 5.42. The van der Waals surface area contributed by atoms with Crippen LogP contribution in [-0.4, -0.2) is 40.7 Å². The summed E-state index contributed by atoms with van der Waals surface area (Å²) in [4.78, 5) is 7.16. The maximum absolute atomic E-state index is 5.58. The van der Waals surface area contributed by atoms with Crippen LogP contribution < -0.4 is 5.73 Å². The van der Waals surface area contributed by atoms with Gasteiger partial charge in [0.05, 0.1) is 0 Å². The van der Waals surface area contributed by atoms with Gasteiger partial charge < -0.3 is 15.2 Å². The zero-order valence-corrected chi connectivity index (χ0v) is 11.9. The summed E-state index contributed by atoms with van der Waals surface area (Å²) in [5.41, 5.74) is 5.58. The van der Waals surface area contributed by atoms with Crippen molar-refractivity contribution in [1.29, 1.82) is 0 Å². The van der Waals surface area contributed by atoms with Crippen LogP contribution in [0.15, 0.2) is 4.52 Å². The number of piperidine rings is 1. The van der Waals surface area contributed by atoms with Crippen molar-refractivity contribution in [2.24, 2.45) is 5.73 Å². The summed E-state index contributed by atoms with van der Waals surface area (Å²) in [6.07, 6.45) is 5.91. The summed E-state index contributed by atoms with van der Waals surface area (Å²) in [6.45, 7) is 2.76. The quantitative estimate of drug-likeness (QED) is 0.899. The molecule has 3 heterocycles. The summed E-state index contributed by atoms with van der Waals surface area (Å²) in [7, 11) is 2.25. The predicted molar refractivity (Wildman–Crippen MR) is 72.9 cm³/mol. The smallest absolute Gasteiger partial charge is 0.229 e. The lowest BCUT2D eigenvalue weighted by molar-refractivity contribution is 0.157. The van der Waals surface area contributed by atoms with Gasteiger partial charge in [0.15, 0.2) is 5.82 Å². The standard InChI is InChI=1S/C14H24N4O/c1-9(5-6-15)14-16-13(17-19-14)10-7-11-3-4-12(8-10)18(11)2/h9-12H,3-8,15H2,1-2H3. The van der Waals surface area contributed by atoms with Crippen molar-refractivity contribution in [3.63, 3.8) is 0 Å². The Morgan fingerprint density at radius 2 is 2.05 bits per heavy atom. The normalized spacial score (nSPS) is 32.7. The molecule has 0 saturated carbocycles. The highest BCUT2D eigenvalue weighted by Crippen LogP contribution is 2.41. The summed E-state index contributed by atoms with van der Waals surface area (Å²) in [5, 5.41) is 4.22. The van der Waals surface area contributed by atoms with E-state index in [0.29, 0.717) is 24.5 Å². The molecule has 3 unspecified atom stereocenters. The topological polar surface area (TPSA) is 68.2 Å². The minimum Gasteiger partial charge on any atom is -0.339 e. The summed E-state index contributed by atoms with van der Waals surface area (Å²) >= 11 is 0. The molecule has 0 spiro atoms. The third-order valence-electron chi connectivity index (χ3n) is 4.94. The molecule has 0 aromatic carbocycles. The van der Waals surface area contributed by atoms with E-state index in [4.69, 9.17) is 10.3 Å². The summed E-state index contributed by atoms with van der Waals surface area (Å²) in [5.74, 6) is 2.43. The van der Waals surface area contributed by atoms with Gasteiger partial charge in [-0.15, -0.1) is 0 Å². The molecule has 3 rings (SSSR count). The van der Waals surface area contributed by atoms with Crippen LogP contribution in [0, 0.1) is 0 Å². The lowest BCUT2D eigenvalue weighted by atomic mass is 9.90. The Kier molecular flexibility index (Phi) is 3.58. The van der Waals surface area contributed by atoms with Gasteiger partial charge in [-0.05, 0) is 45.7 Å². The molecule has 2 fully saturated rings. The Balaban J connectivity index is 1.70. The molecule has 2 aliphatic rings. The minimum absolute atomic E-state index is 0.272. The van der Waals surface area contributed by atoms with E-state index in [9.17, 15) is 0 Å². The van der Waals surface area contributed by atoms with Crippen molar-refractivity contribution >= 4 is 0 Å². The number of nitrogens with two attached hydrogens (primary N) is 1. The van der Waals surface area contributed by atoms with Gasteiger partial charge in [0.25, 0.3) is 0 Å². The fourth-order valence-electron chi connectivity index (χ4n) is 3.61. The third-order valence-corrected chi connectivity index (χ3v) is 4.94. The Morgan fingerprint density at radius 3 is 2.68 bits per heavy atom. The second-order valence-electron chi connectivity index (χ2n) is 6.19. The lowest BCUT2D eigenvalue weighted by Crippen LogP contribution is -2.39. The Hall–Kier alpha value is -0.940. The monoisotopic (exact) mass is 264 g/mol. The van der Waals surface area contributed by atoms with Gasteiger partial charge in [-0.1, -0.05) is 12.1 Å². The van der Waals surface area contributed by atoms with Gasteiger partial charge in [-0.25, -0.2) is 0 Å². The fourth-order valence-corrected chi connectivity index (χ4v) is 3.61. The van der Waals surface area contributed by atoms with E-state index < -0.39 is 0 Å². The van der Waals surface area contributed by atoms with Crippen molar-refractivity contribution in [2.45, 2.75) is 62.9 Å². The highest BCUT2D eigenvalue weighted by molar-refractivity contribution is 5.06. The highest BCUT2D eigenvalue weighted by atomic mass is 16.5. The number of hydrogen-bond acceptors (Lipinski definition) is 5. The van der Waals surface area contributed by atoms with Crippen LogP contribution in [0.5, 0.6) is 0 Å². The van der Waals surface area contributed by atoms with E-state index in [1.54, 1.807) is 0 Å². The van der Waals surface area contributed by atoms with E-state index in [1.165, 1.54) is 25.7 Å². The lowest BCUT2D eigenvalue weighted by Gasteiger charge is -2.34. The molecule has 0 amide bonds. The largest absolute Gasteiger partial charge is 0.339 e. The number of aromatic nitrogens is 2. The SMILES string of the molecule is CC(CCN)c1nc(C2CC3CCC(C2)N3C)no1. The van der Waals surface area contributed by atoms with E-state index >= 15 is 0 Å². The van der Waals surface area contributed by atoms with Gasteiger partial charge in [0, 0.05) is 23.9 Å². The second kappa shape index (κ2) is 5.21. The molecule has 2 bridgehead atoms. The molecule has 5 nitrogen and oxygen atoms in total. The molecular weight excluding hydrogens is 240 g/mol. The van der Waals surface area contributed by atoms with Crippen molar-refractivity contribution in [2.75, 3.05) is 13.6 Å². The molecule has 106 valence electrons. The zero-order valence-electron chi connectivity index (χ0n) is 11.9. The average Bonchev–Trinajstić information content (AvgIpc) is 2.93.